The normalized spacial score (nSPS) is 17.7. The molecule has 1 aromatic heterocycles. The average molecular weight is 512 g/mol. The lowest BCUT2D eigenvalue weighted by Crippen LogP contribution is -2.40. The van der Waals surface area contributed by atoms with Crippen molar-refractivity contribution in [3.8, 4) is 0 Å². The van der Waals surface area contributed by atoms with E-state index in [0.29, 0.717) is 10.6 Å². The first-order valence-corrected chi connectivity index (χ1v) is 13.6. The molecule has 0 spiro atoms. The van der Waals surface area contributed by atoms with E-state index in [2.05, 4.69) is 0 Å². The van der Waals surface area contributed by atoms with E-state index in [1.807, 2.05) is 0 Å². The smallest absolute Gasteiger partial charge is 0.290 e. The van der Waals surface area contributed by atoms with Crippen LogP contribution >= 0.6 is 11.6 Å². The van der Waals surface area contributed by atoms with E-state index in [0.717, 1.165) is 0 Å². The first-order valence-electron chi connectivity index (χ1n) is 9.91. The number of nitrogens with zero attached hydrogens (tertiary/aromatic N) is 1. The van der Waals surface area contributed by atoms with E-state index in [1.54, 1.807) is 0 Å². The number of hydrogen-bond donors (Lipinski definition) is 0. The van der Waals surface area contributed by atoms with Crippen molar-refractivity contribution in [3.05, 3.63) is 82.8 Å². The largest absolute Gasteiger partial charge is 0.439 e. The fourth-order valence-electron chi connectivity index (χ4n) is 3.63. The molecule has 1 aliphatic heterocycles. The second kappa shape index (κ2) is 8.92. The summed E-state index contributed by atoms with van der Waals surface area (Å²) in [5.41, 5.74) is 0.592. The molecule has 0 aliphatic carbocycles. The first-order chi connectivity index (χ1) is 15.5. The minimum Gasteiger partial charge on any atom is -0.439 e. The Morgan fingerprint density at radius 3 is 2.33 bits per heavy atom. The molecule has 1 aliphatic rings. The Bertz CT molecular complexity index is 1380. The lowest BCUT2D eigenvalue weighted by molar-refractivity contribution is 0.0642. The fraction of sp³-hybridized carbons (Fsp3) is 0.227. The molecule has 7 nitrogen and oxygen atoms in total. The Hall–Kier alpha value is -2.69. The van der Waals surface area contributed by atoms with Gasteiger partial charge in [0.25, 0.3) is 5.91 Å². The Morgan fingerprint density at radius 1 is 1.06 bits per heavy atom. The van der Waals surface area contributed by atoms with Gasteiger partial charge in [-0.2, -0.15) is 0 Å². The summed E-state index contributed by atoms with van der Waals surface area (Å²) < 4.78 is 68.4. The Labute approximate surface area is 195 Å². The van der Waals surface area contributed by atoms with E-state index in [4.69, 9.17) is 16.0 Å². The third-order valence-electron chi connectivity index (χ3n) is 5.36. The molecular formula is C22H19ClFNO6S2. The monoisotopic (exact) mass is 511 g/mol. The molecule has 2 aromatic carbocycles. The number of furan rings is 1. The number of carbonyl (C=O) groups is 1. The van der Waals surface area contributed by atoms with Crippen LogP contribution in [0.5, 0.6) is 0 Å². The molecule has 33 heavy (non-hydrogen) atoms. The van der Waals surface area contributed by atoms with Crippen molar-refractivity contribution >= 4 is 37.2 Å². The lowest BCUT2D eigenvalue weighted by atomic mass is 10.1. The standard InChI is InChI=1S/C22H19ClFNO6S2/c23-16-3-7-19(8-4-16)33(29,30)21-10-9-20(31-21)22(26)25(18-11-12-32(27,28)14-18)13-15-1-5-17(24)6-2-15/h1-10,18H,11-14H2. The van der Waals surface area contributed by atoms with Crippen LogP contribution in [0.4, 0.5) is 4.39 Å². The van der Waals surface area contributed by atoms with Crippen molar-refractivity contribution in [2.45, 2.75) is 29.0 Å². The summed E-state index contributed by atoms with van der Waals surface area (Å²) >= 11 is 5.81. The number of rotatable bonds is 6. The average Bonchev–Trinajstić information content (AvgIpc) is 3.40. The zero-order valence-corrected chi connectivity index (χ0v) is 19.5. The third-order valence-corrected chi connectivity index (χ3v) is 9.00. The van der Waals surface area contributed by atoms with Crippen LogP contribution in [-0.4, -0.2) is 45.2 Å². The van der Waals surface area contributed by atoms with Crippen molar-refractivity contribution < 1.29 is 30.4 Å². The second-order valence-corrected chi connectivity index (χ2v) is 12.2. The molecule has 1 amide bonds. The predicted octanol–water partition coefficient (Wildman–Crippen LogP) is 3.73. The van der Waals surface area contributed by atoms with Gasteiger partial charge < -0.3 is 9.32 Å². The van der Waals surface area contributed by atoms with E-state index < -0.39 is 42.5 Å². The minimum atomic E-state index is -4.03. The summed E-state index contributed by atoms with van der Waals surface area (Å²) in [4.78, 5) is 14.6. The quantitative estimate of drug-likeness (QED) is 0.499. The topological polar surface area (TPSA) is 102 Å². The highest BCUT2D eigenvalue weighted by molar-refractivity contribution is 7.91. The van der Waals surface area contributed by atoms with Gasteiger partial charge in [-0.05, 0) is 60.5 Å². The highest BCUT2D eigenvalue weighted by Gasteiger charge is 2.36. The molecule has 11 heteroatoms. The number of sulfone groups is 2. The molecule has 1 atom stereocenters. The summed E-state index contributed by atoms with van der Waals surface area (Å²) in [7, 11) is -7.33. The van der Waals surface area contributed by atoms with Gasteiger partial charge >= 0.3 is 0 Å². The predicted molar refractivity (Wildman–Crippen MR) is 119 cm³/mol. The molecule has 0 saturated carbocycles. The number of carbonyl (C=O) groups excluding carboxylic acids is 1. The van der Waals surface area contributed by atoms with Crippen molar-refractivity contribution in [2.24, 2.45) is 0 Å². The minimum absolute atomic E-state index is 0.0132. The molecular weight excluding hydrogens is 493 g/mol. The van der Waals surface area contributed by atoms with Gasteiger partial charge in [-0.1, -0.05) is 23.7 Å². The zero-order chi connectivity index (χ0) is 23.8. The van der Waals surface area contributed by atoms with E-state index in [9.17, 15) is 26.0 Å². The van der Waals surface area contributed by atoms with Crippen LogP contribution in [0, 0.1) is 5.82 Å². The second-order valence-electron chi connectivity index (χ2n) is 7.69. The van der Waals surface area contributed by atoms with Crippen molar-refractivity contribution in [1.29, 1.82) is 0 Å². The van der Waals surface area contributed by atoms with Crippen molar-refractivity contribution in [3.63, 3.8) is 0 Å². The van der Waals surface area contributed by atoms with Crippen LogP contribution in [0.3, 0.4) is 0 Å². The number of hydrogen-bond acceptors (Lipinski definition) is 6. The maximum absolute atomic E-state index is 13.3. The summed E-state index contributed by atoms with van der Waals surface area (Å²) in [5.74, 6) is -1.61. The molecule has 4 rings (SSSR count). The van der Waals surface area contributed by atoms with Gasteiger partial charge in [0.2, 0.25) is 14.9 Å². The van der Waals surface area contributed by atoms with Gasteiger partial charge in [0.15, 0.2) is 15.6 Å². The SMILES string of the molecule is O=C(c1ccc(S(=O)(=O)c2ccc(Cl)cc2)o1)N(Cc1ccc(F)cc1)C1CCS(=O)(=O)C1. The maximum atomic E-state index is 13.3. The molecule has 1 fully saturated rings. The molecule has 0 N–H and O–H groups in total. The highest BCUT2D eigenvalue weighted by atomic mass is 35.5. The van der Waals surface area contributed by atoms with Crippen LogP contribution in [0.25, 0.3) is 0 Å². The summed E-state index contributed by atoms with van der Waals surface area (Å²) in [5, 5.41) is -0.0545. The van der Waals surface area contributed by atoms with E-state index in [-0.39, 0.29) is 35.1 Å². The molecule has 3 aromatic rings. The van der Waals surface area contributed by atoms with Crippen LogP contribution < -0.4 is 0 Å². The first kappa shape index (κ1) is 23.5. The van der Waals surface area contributed by atoms with Gasteiger partial charge in [0.05, 0.1) is 16.4 Å². The molecule has 1 unspecified atom stereocenters. The molecule has 0 radical (unpaired) electrons. The summed E-state index contributed by atoms with van der Waals surface area (Å²) in [6.07, 6.45) is 0.242. The van der Waals surface area contributed by atoms with Crippen LogP contribution in [0.15, 0.2) is 75.1 Å². The number of halogens is 2. The fourth-order valence-corrected chi connectivity index (χ4v) is 6.66. The molecule has 174 valence electrons. The molecule has 2 heterocycles. The number of amides is 1. The van der Waals surface area contributed by atoms with Crippen LogP contribution in [-0.2, 0) is 26.2 Å². The van der Waals surface area contributed by atoms with Crippen LogP contribution in [0.1, 0.15) is 22.5 Å². The van der Waals surface area contributed by atoms with E-state index in [1.165, 1.54) is 65.6 Å². The van der Waals surface area contributed by atoms with Crippen LogP contribution in [0.2, 0.25) is 5.02 Å². The lowest BCUT2D eigenvalue weighted by Gasteiger charge is -2.27. The van der Waals surface area contributed by atoms with Gasteiger partial charge in [0.1, 0.15) is 5.82 Å². The Morgan fingerprint density at radius 2 is 1.73 bits per heavy atom. The van der Waals surface area contributed by atoms with Gasteiger partial charge in [0, 0.05) is 17.6 Å². The third kappa shape index (κ3) is 5.13. The zero-order valence-electron chi connectivity index (χ0n) is 17.1. The summed E-state index contributed by atoms with van der Waals surface area (Å²) in [6.45, 7) is 0.0132. The maximum Gasteiger partial charge on any atom is 0.290 e. The highest BCUT2D eigenvalue weighted by Crippen LogP contribution is 2.27. The van der Waals surface area contributed by atoms with Gasteiger partial charge in [-0.3, -0.25) is 4.79 Å². The molecule has 1 saturated heterocycles. The molecule has 0 bridgehead atoms. The van der Waals surface area contributed by atoms with Crippen molar-refractivity contribution in [1.82, 2.24) is 4.90 Å². The summed E-state index contributed by atoms with van der Waals surface area (Å²) in [6, 6.07) is 12.8. The Kier molecular flexibility index (Phi) is 6.35. The number of benzene rings is 2. The van der Waals surface area contributed by atoms with Gasteiger partial charge in [-0.25, -0.2) is 21.2 Å². The van der Waals surface area contributed by atoms with E-state index >= 15 is 0 Å². The Balaban J connectivity index is 1.64. The van der Waals surface area contributed by atoms with Gasteiger partial charge in [-0.15, -0.1) is 0 Å². The van der Waals surface area contributed by atoms with Crippen molar-refractivity contribution in [2.75, 3.05) is 11.5 Å².